The zero-order valence-electron chi connectivity index (χ0n) is 3.95. The van der Waals surface area contributed by atoms with E-state index in [9.17, 15) is 0 Å². The number of hydrogen-bond donors (Lipinski definition) is 0. The summed E-state index contributed by atoms with van der Waals surface area (Å²) in [4.78, 5) is 0. The van der Waals surface area contributed by atoms with Gasteiger partial charge in [-0.25, -0.2) is 0 Å². The first kappa shape index (κ1) is 179. The Bertz CT molecular complexity index is 8.26. The second-order valence-corrected chi connectivity index (χ2v) is 0. The maximum Gasteiger partial charge on any atom is -0.114 e. The first-order chi connectivity index (χ1) is 0. The number of hydrogen-bond acceptors (Lipinski definition) is 0. The summed E-state index contributed by atoms with van der Waals surface area (Å²) in [6.07, 6.45) is 0. The highest BCUT2D eigenvalue weighted by atomic mass is 79.9. The van der Waals surface area contributed by atoms with Crippen molar-refractivity contribution in [3.05, 3.63) is 0 Å². The van der Waals surface area contributed by atoms with E-state index in [0.717, 1.165) is 0 Å². The molecule has 0 amide bonds. The van der Waals surface area contributed by atoms with Crippen molar-refractivity contribution in [2.45, 2.75) is 0 Å². The van der Waals surface area contributed by atoms with E-state index < -0.39 is 0 Å². The normalized spacial score (nSPS) is 0. The fraction of sp³-hybridized carbons (Fsp3) is 0. The fourth-order valence-electron chi connectivity index (χ4n) is 0. The van der Waals surface area contributed by atoms with Gasteiger partial charge in [-0.05, 0) is 0 Å². The maximum absolute atomic E-state index is 0. The minimum Gasteiger partial charge on any atom is -0.412 e. The summed E-state index contributed by atoms with van der Waals surface area (Å²) in [5, 5.41) is 0. The predicted molar refractivity (Wildman–Crippen MR) is 72.8 cm³/mol. The van der Waals surface area contributed by atoms with Crippen molar-refractivity contribution in [3.63, 3.8) is 0 Å². The molecule has 0 fully saturated rings. The average molecular weight is 540 g/mol. The monoisotopic (exact) mass is 534 g/mol. The van der Waals surface area contributed by atoms with Crippen molar-refractivity contribution in [3.8, 4) is 0 Å². The molecule has 0 aromatic rings. The van der Waals surface area contributed by atoms with Gasteiger partial charge in [0.1, 0.15) is 0 Å². The third kappa shape index (κ3) is 108. The Kier molecular flexibility index (Phi) is 2670. The SMILES string of the molecule is Br.Br.Br.Br.Br.Br.O.O.O. The van der Waals surface area contributed by atoms with Crippen LogP contribution in [0.2, 0.25) is 0 Å². The first-order valence-electron chi connectivity index (χ1n) is 0. The Labute approximate surface area is 117 Å². The van der Waals surface area contributed by atoms with Crippen molar-refractivity contribution >= 4 is 102 Å². The third-order valence-corrected chi connectivity index (χ3v) is 0. The van der Waals surface area contributed by atoms with E-state index in [1.54, 1.807) is 0 Å². The van der Waals surface area contributed by atoms with Gasteiger partial charge in [0.05, 0.1) is 0 Å². The molecular weight excluding hydrogens is 527 g/mol. The van der Waals surface area contributed by atoms with Crippen LogP contribution in [0.4, 0.5) is 0 Å². The summed E-state index contributed by atoms with van der Waals surface area (Å²) in [6.45, 7) is 0. The van der Waals surface area contributed by atoms with Gasteiger partial charge >= 0.3 is 0 Å². The van der Waals surface area contributed by atoms with Gasteiger partial charge in [-0.2, -0.15) is 0 Å². The van der Waals surface area contributed by atoms with Crippen LogP contribution in [0.25, 0.3) is 0 Å². The molecule has 0 heterocycles. The molecule has 72 valence electrons. The van der Waals surface area contributed by atoms with Crippen molar-refractivity contribution in [1.82, 2.24) is 0 Å². The molecule has 9 heteroatoms. The van der Waals surface area contributed by atoms with E-state index in [1.807, 2.05) is 0 Å². The van der Waals surface area contributed by atoms with Gasteiger partial charge in [0.15, 0.2) is 0 Å². The number of rotatable bonds is 0. The van der Waals surface area contributed by atoms with Crippen LogP contribution in [0.3, 0.4) is 0 Å². The maximum atomic E-state index is 0. The molecule has 0 radical (unpaired) electrons. The van der Waals surface area contributed by atoms with Crippen LogP contribution < -0.4 is 0 Å². The lowest BCUT2D eigenvalue weighted by Gasteiger charge is -0.413. The van der Waals surface area contributed by atoms with Crippen molar-refractivity contribution < 1.29 is 16.4 Å². The lowest BCUT2D eigenvalue weighted by molar-refractivity contribution is 0.823. The summed E-state index contributed by atoms with van der Waals surface area (Å²) in [5.41, 5.74) is 0. The quantitative estimate of drug-likeness (QED) is 0.439. The Morgan fingerprint density at radius 1 is 0.222 bits per heavy atom. The predicted octanol–water partition coefficient (Wildman–Crippen LogP) is 0.993. The minimum atomic E-state index is 0. The summed E-state index contributed by atoms with van der Waals surface area (Å²) in [6, 6.07) is 0. The van der Waals surface area contributed by atoms with Crippen LogP contribution in [0.5, 0.6) is 0 Å². The van der Waals surface area contributed by atoms with Crippen LogP contribution in [-0.4, -0.2) is 16.4 Å². The first-order valence-corrected chi connectivity index (χ1v) is 0. The molecular formula is H12Br6O3. The third-order valence-electron chi connectivity index (χ3n) is 0. The van der Waals surface area contributed by atoms with E-state index >= 15 is 0 Å². The van der Waals surface area contributed by atoms with Gasteiger partial charge in [-0.1, -0.05) is 0 Å². The highest BCUT2D eigenvalue weighted by molar-refractivity contribution is 8.93. The molecule has 0 atom stereocenters. The van der Waals surface area contributed by atoms with Crippen LogP contribution in [-0.2, 0) is 0 Å². The zero-order chi connectivity index (χ0) is 0. The van der Waals surface area contributed by atoms with Crippen LogP contribution in [0, 0.1) is 0 Å². The zero-order valence-corrected chi connectivity index (χ0v) is 14.2. The molecule has 0 aromatic heterocycles. The van der Waals surface area contributed by atoms with Crippen molar-refractivity contribution in [2.75, 3.05) is 0 Å². The lowest BCUT2D eigenvalue weighted by atomic mass is 16.0. The van der Waals surface area contributed by atoms with E-state index in [1.165, 1.54) is 0 Å². The molecule has 0 bridgehead atoms. The van der Waals surface area contributed by atoms with Gasteiger partial charge in [0, 0.05) is 0 Å². The molecule has 0 unspecified atom stereocenters. The highest BCUT2D eigenvalue weighted by Crippen LogP contribution is 0.851. The van der Waals surface area contributed by atoms with Crippen molar-refractivity contribution in [2.24, 2.45) is 0 Å². The van der Waals surface area contributed by atoms with Crippen LogP contribution in [0.1, 0.15) is 0 Å². The van der Waals surface area contributed by atoms with E-state index in [0.29, 0.717) is 0 Å². The van der Waals surface area contributed by atoms with Crippen LogP contribution in [0.15, 0.2) is 0 Å². The van der Waals surface area contributed by atoms with Gasteiger partial charge in [-0.15, -0.1) is 102 Å². The van der Waals surface area contributed by atoms with E-state index in [2.05, 4.69) is 0 Å². The highest BCUT2D eigenvalue weighted by Gasteiger charge is -0.109. The van der Waals surface area contributed by atoms with E-state index in [4.69, 9.17) is 0 Å². The molecule has 0 aliphatic carbocycles. The fourth-order valence-corrected chi connectivity index (χ4v) is 0. The van der Waals surface area contributed by atoms with Crippen LogP contribution >= 0.6 is 102 Å². The molecule has 0 saturated carbocycles. The molecule has 3 nitrogen and oxygen atoms in total. The molecule has 0 aliphatic heterocycles. The van der Waals surface area contributed by atoms with E-state index in [-0.39, 0.29) is 118 Å². The van der Waals surface area contributed by atoms with Crippen molar-refractivity contribution in [1.29, 1.82) is 0 Å². The Morgan fingerprint density at radius 2 is 0.222 bits per heavy atom. The second kappa shape index (κ2) is 135. The summed E-state index contributed by atoms with van der Waals surface area (Å²) in [5.74, 6) is 0. The summed E-state index contributed by atoms with van der Waals surface area (Å²) >= 11 is 0. The molecule has 0 aliphatic rings. The molecule has 9 heavy (non-hydrogen) atoms. The smallest absolute Gasteiger partial charge is 0.114 e. The minimum absolute atomic E-state index is 0. The average Bonchev–Trinajstić information content (AvgIpc) is 0. The Hall–Kier alpha value is 2.76. The lowest BCUT2D eigenvalue weighted by Crippen LogP contribution is -0.290. The largest absolute Gasteiger partial charge is 0.412 e. The molecule has 0 rings (SSSR count). The summed E-state index contributed by atoms with van der Waals surface area (Å²) in [7, 11) is 0. The van der Waals surface area contributed by atoms with Gasteiger partial charge in [-0.3, -0.25) is 0 Å². The topological polar surface area (TPSA) is 94.5 Å². The Morgan fingerprint density at radius 3 is 0.222 bits per heavy atom. The standard InChI is InChI=1S/6BrH.3H2O/h6*1H;3*1H2. The van der Waals surface area contributed by atoms with Gasteiger partial charge in [0.25, 0.3) is 0 Å². The Balaban J connectivity index is 0. The second-order valence-electron chi connectivity index (χ2n) is 0. The number of halogens is 6. The molecule has 0 saturated heterocycles. The molecule has 0 spiro atoms. The molecule has 0 aromatic carbocycles. The van der Waals surface area contributed by atoms with Gasteiger partial charge < -0.3 is 16.4 Å². The summed E-state index contributed by atoms with van der Waals surface area (Å²) < 4.78 is 0. The van der Waals surface area contributed by atoms with Gasteiger partial charge in [0.2, 0.25) is 0 Å². The molecule has 6 N–H and O–H groups in total.